The normalized spacial score (nSPS) is 22.2. The third kappa shape index (κ3) is 6.14. The second-order valence-corrected chi connectivity index (χ2v) is 11.3. The molecule has 0 bridgehead atoms. The predicted octanol–water partition coefficient (Wildman–Crippen LogP) is 5.45. The van der Waals surface area contributed by atoms with E-state index in [4.69, 9.17) is 0 Å². The number of rotatable bonds is 7. The average molecular weight is 496 g/mol. The summed E-state index contributed by atoms with van der Waals surface area (Å²) in [7, 11) is 0. The van der Waals surface area contributed by atoms with E-state index in [1.165, 1.54) is 16.7 Å². The van der Waals surface area contributed by atoms with Crippen LogP contribution in [0.1, 0.15) is 55.7 Å². The maximum atomic E-state index is 13.7. The highest BCUT2D eigenvalue weighted by Gasteiger charge is 2.40. The first-order chi connectivity index (χ1) is 18.0. The Morgan fingerprint density at radius 2 is 1.30 bits per heavy atom. The summed E-state index contributed by atoms with van der Waals surface area (Å²) in [6.45, 7) is 9.44. The minimum atomic E-state index is 0.0829. The van der Waals surface area contributed by atoms with E-state index in [-0.39, 0.29) is 17.2 Å². The molecule has 2 saturated heterocycles. The number of piperazine rings is 1. The maximum absolute atomic E-state index is 13.7. The van der Waals surface area contributed by atoms with Crippen molar-refractivity contribution < 1.29 is 4.79 Å². The number of likely N-dealkylation sites (tertiary alicyclic amines) is 1. The lowest BCUT2D eigenvalue weighted by Crippen LogP contribution is -2.58. The molecule has 2 unspecified atom stereocenters. The molecule has 2 aliphatic heterocycles. The Hall–Kier alpha value is -2.95. The highest BCUT2D eigenvalue weighted by molar-refractivity contribution is 5.78. The van der Waals surface area contributed by atoms with E-state index in [9.17, 15) is 4.79 Å². The third-order valence-electron chi connectivity index (χ3n) is 8.40. The molecular formula is C33H41N3O. The van der Waals surface area contributed by atoms with Crippen molar-refractivity contribution in [1.82, 2.24) is 15.1 Å². The summed E-state index contributed by atoms with van der Waals surface area (Å²) in [6.07, 6.45) is 2.53. The molecule has 0 radical (unpaired) electrons. The van der Waals surface area contributed by atoms with Crippen molar-refractivity contribution in [2.45, 2.75) is 56.5 Å². The molecule has 2 atom stereocenters. The van der Waals surface area contributed by atoms with Gasteiger partial charge >= 0.3 is 0 Å². The number of hydrogen-bond donors (Lipinski definition) is 1. The van der Waals surface area contributed by atoms with Crippen LogP contribution < -0.4 is 5.32 Å². The Bertz CT molecular complexity index is 1080. The number of carbonyl (C=O) groups excluding carboxylic acids is 1. The van der Waals surface area contributed by atoms with Crippen LogP contribution in [0.25, 0.3) is 0 Å². The van der Waals surface area contributed by atoms with E-state index in [0.29, 0.717) is 18.5 Å². The van der Waals surface area contributed by atoms with Gasteiger partial charge in [0.05, 0.1) is 0 Å². The Kier molecular flexibility index (Phi) is 8.07. The van der Waals surface area contributed by atoms with Gasteiger partial charge in [-0.3, -0.25) is 9.69 Å². The van der Waals surface area contributed by atoms with Gasteiger partial charge in [0.25, 0.3) is 0 Å². The quantitative estimate of drug-likeness (QED) is 0.473. The fourth-order valence-corrected chi connectivity index (χ4v) is 6.61. The Morgan fingerprint density at radius 1 is 0.811 bits per heavy atom. The molecule has 0 spiro atoms. The monoisotopic (exact) mass is 495 g/mol. The van der Waals surface area contributed by atoms with Crippen LogP contribution in [0, 0.1) is 0 Å². The molecule has 4 heteroatoms. The summed E-state index contributed by atoms with van der Waals surface area (Å²) >= 11 is 0. The second kappa shape index (κ2) is 11.6. The van der Waals surface area contributed by atoms with Crippen molar-refractivity contribution in [1.29, 1.82) is 0 Å². The smallest absolute Gasteiger partial charge is 0.223 e. The average Bonchev–Trinajstić information content (AvgIpc) is 2.93. The van der Waals surface area contributed by atoms with Crippen LogP contribution in [0.2, 0.25) is 0 Å². The van der Waals surface area contributed by atoms with Crippen LogP contribution >= 0.6 is 0 Å². The number of amides is 1. The molecule has 3 aromatic rings. The van der Waals surface area contributed by atoms with E-state index in [1.54, 1.807) is 0 Å². The van der Waals surface area contributed by atoms with Crippen molar-refractivity contribution in [3.8, 4) is 0 Å². The highest BCUT2D eigenvalue weighted by atomic mass is 16.2. The molecule has 37 heavy (non-hydrogen) atoms. The van der Waals surface area contributed by atoms with Crippen molar-refractivity contribution >= 4 is 5.91 Å². The molecule has 0 aliphatic carbocycles. The van der Waals surface area contributed by atoms with Gasteiger partial charge in [0.15, 0.2) is 0 Å². The van der Waals surface area contributed by atoms with Gasteiger partial charge < -0.3 is 10.2 Å². The van der Waals surface area contributed by atoms with Gasteiger partial charge in [0.1, 0.15) is 0 Å². The van der Waals surface area contributed by atoms with Gasteiger partial charge in [-0.1, -0.05) is 91.0 Å². The summed E-state index contributed by atoms with van der Waals surface area (Å²) in [5.74, 6) is 0.350. The van der Waals surface area contributed by atoms with Gasteiger partial charge in [0.2, 0.25) is 5.91 Å². The van der Waals surface area contributed by atoms with E-state index in [1.807, 2.05) is 12.1 Å². The number of nitrogens with zero attached hydrogens (tertiary/aromatic N) is 2. The zero-order valence-electron chi connectivity index (χ0n) is 22.4. The summed E-state index contributed by atoms with van der Waals surface area (Å²) in [5, 5.41) is 3.67. The molecule has 0 aromatic heterocycles. The predicted molar refractivity (Wildman–Crippen MR) is 152 cm³/mol. The zero-order chi connectivity index (χ0) is 25.7. The second-order valence-electron chi connectivity index (χ2n) is 11.3. The molecule has 194 valence electrons. The molecular weight excluding hydrogens is 454 g/mol. The third-order valence-corrected chi connectivity index (χ3v) is 8.40. The highest BCUT2D eigenvalue weighted by Crippen LogP contribution is 2.38. The van der Waals surface area contributed by atoms with Gasteiger partial charge in [-0.25, -0.2) is 0 Å². The van der Waals surface area contributed by atoms with Gasteiger partial charge in [-0.2, -0.15) is 0 Å². The topological polar surface area (TPSA) is 35.6 Å². The number of piperidine rings is 1. The Labute approximate surface area is 222 Å². The molecule has 5 rings (SSSR count). The van der Waals surface area contributed by atoms with Crippen molar-refractivity contribution in [3.63, 3.8) is 0 Å². The Balaban J connectivity index is 1.31. The van der Waals surface area contributed by atoms with Crippen molar-refractivity contribution in [2.24, 2.45) is 0 Å². The summed E-state index contributed by atoms with van der Waals surface area (Å²) in [5.41, 5.74) is 3.93. The number of carbonyl (C=O) groups is 1. The van der Waals surface area contributed by atoms with Crippen LogP contribution in [0.3, 0.4) is 0 Å². The molecule has 3 aromatic carbocycles. The number of benzene rings is 3. The number of hydrogen-bond acceptors (Lipinski definition) is 3. The molecule has 1 N–H and O–H groups in total. The Morgan fingerprint density at radius 3 is 1.81 bits per heavy atom. The van der Waals surface area contributed by atoms with Crippen LogP contribution in [0.4, 0.5) is 0 Å². The minimum absolute atomic E-state index is 0.0829. The summed E-state index contributed by atoms with van der Waals surface area (Å²) in [6, 6.07) is 33.0. The first-order valence-corrected chi connectivity index (χ1v) is 13.9. The van der Waals surface area contributed by atoms with Crippen LogP contribution in [0.15, 0.2) is 91.0 Å². The standard InChI is InChI=1S/C33H41N3O/c1-26-23-35(24-27(2)34-26)25-33(30-16-10-5-11-17-30)18-20-36(21-19-33)32(37)22-31(28-12-6-3-7-13-28)29-14-8-4-9-15-29/h3-17,26-27,31,34H,18-25H2,1-2H3. The first-order valence-electron chi connectivity index (χ1n) is 13.9. The lowest BCUT2D eigenvalue weighted by molar-refractivity contribution is -0.133. The SMILES string of the molecule is CC1CN(CC2(c3ccccc3)CCN(C(=O)CC(c3ccccc3)c3ccccc3)CC2)CC(C)N1. The minimum Gasteiger partial charge on any atom is -0.343 e. The van der Waals surface area contributed by atoms with E-state index in [2.05, 4.69) is 108 Å². The van der Waals surface area contributed by atoms with Gasteiger partial charge in [-0.15, -0.1) is 0 Å². The van der Waals surface area contributed by atoms with Crippen molar-refractivity contribution in [2.75, 3.05) is 32.7 Å². The fraction of sp³-hybridized carbons (Fsp3) is 0.424. The fourth-order valence-electron chi connectivity index (χ4n) is 6.61. The molecule has 2 heterocycles. The molecule has 2 fully saturated rings. The summed E-state index contributed by atoms with van der Waals surface area (Å²) < 4.78 is 0. The van der Waals surface area contributed by atoms with E-state index < -0.39 is 0 Å². The van der Waals surface area contributed by atoms with E-state index in [0.717, 1.165) is 45.6 Å². The van der Waals surface area contributed by atoms with Gasteiger partial charge in [-0.05, 0) is 43.4 Å². The lowest BCUT2D eigenvalue weighted by Gasteiger charge is -2.47. The molecule has 2 aliphatic rings. The molecule has 0 saturated carbocycles. The lowest BCUT2D eigenvalue weighted by atomic mass is 9.72. The van der Waals surface area contributed by atoms with Crippen molar-refractivity contribution in [3.05, 3.63) is 108 Å². The molecule has 1 amide bonds. The van der Waals surface area contributed by atoms with E-state index >= 15 is 0 Å². The zero-order valence-corrected chi connectivity index (χ0v) is 22.4. The largest absolute Gasteiger partial charge is 0.343 e. The maximum Gasteiger partial charge on any atom is 0.223 e. The number of nitrogens with one attached hydrogen (secondary N) is 1. The van der Waals surface area contributed by atoms with Crippen LogP contribution in [0.5, 0.6) is 0 Å². The van der Waals surface area contributed by atoms with Crippen LogP contribution in [-0.4, -0.2) is 60.5 Å². The molecule has 4 nitrogen and oxygen atoms in total. The van der Waals surface area contributed by atoms with Crippen LogP contribution in [-0.2, 0) is 10.2 Å². The first kappa shape index (κ1) is 25.7. The summed E-state index contributed by atoms with van der Waals surface area (Å²) in [4.78, 5) is 18.5. The van der Waals surface area contributed by atoms with Gasteiger partial charge in [0, 0.05) is 62.6 Å².